The van der Waals surface area contributed by atoms with Crippen LogP contribution in [0.1, 0.15) is 18.4 Å². The number of carbonyl (C=O) groups excluding carboxylic acids is 3. The van der Waals surface area contributed by atoms with E-state index in [2.05, 4.69) is 32.6 Å². The number of nitrogens with zero attached hydrogens (tertiary/aromatic N) is 1. The van der Waals surface area contributed by atoms with Crippen molar-refractivity contribution in [2.45, 2.75) is 12.8 Å². The first-order valence-corrected chi connectivity index (χ1v) is 12.1. The number of amides is 2. The minimum Gasteiger partial charge on any atom is -0.494 e. The second-order valence-electron chi connectivity index (χ2n) is 7.14. The zero-order valence-electron chi connectivity index (χ0n) is 18.5. The summed E-state index contributed by atoms with van der Waals surface area (Å²) in [5, 5.41) is 15.6. The number of hydrogen-bond acceptors (Lipinski definition) is 7. The second kappa shape index (κ2) is 11.7. The predicted octanol–water partition coefficient (Wildman–Crippen LogP) is 3.96. The molecule has 0 saturated carbocycles. The molecule has 2 aromatic carbocycles. The van der Waals surface area contributed by atoms with Gasteiger partial charge in [0.2, 0.25) is 11.8 Å². The summed E-state index contributed by atoms with van der Waals surface area (Å²) in [6, 6.07) is 16.2. The van der Waals surface area contributed by atoms with Gasteiger partial charge in [0, 0.05) is 21.6 Å². The molecule has 0 bridgehead atoms. The van der Waals surface area contributed by atoms with Crippen molar-refractivity contribution in [1.82, 2.24) is 5.32 Å². The van der Waals surface area contributed by atoms with Crippen molar-refractivity contribution in [2.24, 2.45) is 5.92 Å². The molecule has 2 amide bonds. The lowest BCUT2D eigenvalue weighted by molar-refractivity contribution is -0.150. The first-order valence-electron chi connectivity index (χ1n) is 10.3. The summed E-state index contributed by atoms with van der Waals surface area (Å²) >= 11 is 4.35. The summed E-state index contributed by atoms with van der Waals surface area (Å²) in [5.74, 6) is -3.49. The van der Waals surface area contributed by atoms with E-state index in [4.69, 9.17) is 9.47 Å². The van der Waals surface area contributed by atoms with Crippen LogP contribution in [0.3, 0.4) is 0 Å². The van der Waals surface area contributed by atoms with Gasteiger partial charge in [-0.3, -0.25) is 14.4 Å². The molecule has 0 aromatic heterocycles. The van der Waals surface area contributed by atoms with E-state index in [0.717, 1.165) is 16.2 Å². The van der Waals surface area contributed by atoms with E-state index in [1.54, 1.807) is 48.5 Å². The number of anilines is 1. The third-order valence-corrected chi connectivity index (χ3v) is 6.56. The van der Waals surface area contributed by atoms with Crippen molar-refractivity contribution in [2.75, 3.05) is 24.8 Å². The molecule has 0 saturated heterocycles. The molecule has 0 unspecified atom stereocenters. The quantitative estimate of drug-likeness (QED) is 0.382. The van der Waals surface area contributed by atoms with E-state index in [9.17, 15) is 19.6 Å². The number of carbonyl (C=O) groups is 3. The van der Waals surface area contributed by atoms with Gasteiger partial charge in [-0.25, -0.2) is 0 Å². The molecule has 0 fully saturated rings. The van der Waals surface area contributed by atoms with Gasteiger partial charge in [0.15, 0.2) is 0 Å². The highest BCUT2D eigenvalue weighted by Gasteiger charge is 2.45. The van der Waals surface area contributed by atoms with Crippen LogP contribution in [-0.4, -0.2) is 37.3 Å². The Hall–Kier alpha value is -3.29. The van der Waals surface area contributed by atoms with Crippen molar-refractivity contribution < 1.29 is 23.9 Å². The summed E-state index contributed by atoms with van der Waals surface area (Å²) in [6.45, 7) is 2.18. The number of thioether (sulfide) groups is 1. The number of para-hydroxylation sites is 1. The number of halogens is 1. The number of hydrogen-bond donors (Lipinski definition) is 2. The molecular weight excluding hydrogens is 522 g/mol. The highest BCUT2D eigenvalue weighted by atomic mass is 79.9. The van der Waals surface area contributed by atoms with Crippen molar-refractivity contribution in [3.05, 3.63) is 69.2 Å². The Balaban J connectivity index is 1.93. The predicted molar refractivity (Wildman–Crippen MR) is 132 cm³/mol. The molecule has 0 aliphatic carbocycles. The topological polar surface area (TPSA) is 118 Å². The SMILES string of the molecule is CCOc1ccccc1[C@H]1C(C#N)=C(SCC(=O)Nc2ccc(Br)cc2)NC(=O)[C@H]1C(=O)OC. The maximum Gasteiger partial charge on any atom is 0.319 e. The van der Waals surface area contributed by atoms with Gasteiger partial charge in [-0.2, -0.15) is 5.26 Å². The van der Waals surface area contributed by atoms with Crippen LogP contribution in [0.4, 0.5) is 5.69 Å². The first-order chi connectivity index (χ1) is 16.4. The van der Waals surface area contributed by atoms with E-state index in [1.165, 1.54) is 7.11 Å². The maximum atomic E-state index is 13.0. The third-order valence-electron chi connectivity index (χ3n) is 5.01. The van der Waals surface area contributed by atoms with Crippen molar-refractivity contribution >= 4 is 51.2 Å². The van der Waals surface area contributed by atoms with Crippen LogP contribution in [0.25, 0.3) is 0 Å². The van der Waals surface area contributed by atoms with Gasteiger partial charge in [-0.1, -0.05) is 45.9 Å². The van der Waals surface area contributed by atoms with Crippen LogP contribution in [0.2, 0.25) is 0 Å². The summed E-state index contributed by atoms with van der Waals surface area (Å²) in [5.41, 5.74) is 1.29. The number of ether oxygens (including phenoxy) is 2. The van der Waals surface area contributed by atoms with E-state index in [0.29, 0.717) is 23.6 Å². The van der Waals surface area contributed by atoms with E-state index >= 15 is 0 Å². The normalized spacial score (nSPS) is 17.4. The van der Waals surface area contributed by atoms with Crippen molar-refractivity contribution in [3.8, 4) is 11.8 Å². The summed E-state index contributed by atoms with van der Waals surface area (Å²) in [6.07, 6.45) is 0. The van der Waals surface area contributed by atoms with Gasteiger partial charge in [0.1, 0.15) is 11.7 Å². The Morgan fingerprint density at radius 2 is 1.91 bits per heavy atom. The summed E-state index contributed by atoms with van der Waals surface area (Å²) < 4.78 is 11.4. The lowest BCUT2D eigenvalue weighted by Crippen LogP contribution is -2.44. The number of rotatable bonds is 8. The van der Waals surface area contributed by atoms with Gasteiger partial charge in [0.25, 0.3) is 0 Å². The Morgan fingerprint density at radius 3 is 2.56 bits per heavy atom. The molecule has 0 spiro atoms. The molecule has 176 valence electrons. The van der Waals surface area contributed by atoms with Crippen LogP contribution < -0.4 is 15.4 Å². The number of allylic oxidation sites excluding steroid dienone is 1. The van der Waals surface area contributed by atoms with E-state index in [-0.39, 0.29) is 22.3 Å². The minimum atomic E-state index is -1.28. The summed E-state index contributed by atoms with van der Waals surface area (Å²) in [7, 11) is 1.19. The smallest absolute Gasteiger partial charge is 0.319 e. The van der Waals surface area contributed by atoms with Crippen molar-refractivity contribution in [1.29, 1.82) is 5.26 Å². The minimum absolute atomic E-state index is 0.0560. The van der Waals surface area contributed by atoms with Crippen LogP contribution in [0, 0.1) is 17.2 Å². The Kier molecular flexibility index (Phi) is 8.73. The highest BCUT2D eigenvalue weighted by Crippen LogP contribution is 2.43. The Bertz CT molecular complexity index is 1160. The summed E-state index contributed by atoms with van der Waals surface area (Å²) in [4.78, 5) is 38.0. The molecule has 8 nitrogen and oxygen atoms in total. The zero-order valence-corrected chi connectivity index (χ0v) is 20.9. The molecule has 1 heterocycles. The molecular formula is C24H22BrN3O5S. The monoisotopic (exact) mass is 543 g/mol. The van der Waals surface area contributed by atoms with Crippen LogP contribution in [0.5, 0.6) is 5.75 Å². The van der Waals surface area contributed by atoms with Gasteiger partial charge in [0.05, 0.1) is 36.1 Å². The largest absolute Gasteiger partial charge is 0.494 e. The molecule has 2 aromatic rings. The fourth-order valence-corrected chi connectivity index (χ4v) is 4.66. The number of nitriles is 1. The van der Waals surface area contributed by atoms with Gasteiger partial charge in [-0.15, -0.1) is 0 Å². The fraction of sp³-hybridized carbons (Fsp3) is 0.250. The van der Waals surface area contributed by atoms with Crippen LogP contribution >= 0.6 is 27.7 Å². The van der Waals surface area contributed by atoms with Gasteiger partial charge >= 0.3 is 5.97 Å². The maximum absolute atomic E-state index is 13.0. The van der Waals surface area contributed by atoms with E-state index < -0.39 is 23.7 Å². The molecule has 3 rings (SSSR count). The number of methoxy groups -OCH3 is 1. The first kappa shape index (κ1) is 25.3. The molecule has 2 atom stereocenters. The van der Waals surface area contributed by atoms with Gasteiger partial charge in [-0.05, 0) is 37.3 Å². The van der Waals surface area contributed by atoms with Crippen LogP contribution in [0.15, 0.2) is 63.6 Å². The number of nitrogens with one attached hydrogen (secondary N) is 2. The standard InChI is InChI=1S/C24H22BrN3O5S/c1-3-33-18-7-5-4-6-16(18)20-17(12-26)23(28-22(30)21(20)24(31)32-2)34-13-19(29)27-15-10-8-14(25)9-11-15/h4-11,20-21H,3,13H2,1-2H3,(H,27,29)(H,28,30)/t20-,21-/m0/s1. The lowest BCUT2D eigenvalue weighted by atomic mass is 9.78. The van der Waals surface area contributed by atoms with E-state index in [1.807, 2.05) is 6.92 Å². The average Bonchev–Trinajstić information content (AvgIpc) is 2.84. The number of esters is 1. The highest BCUT2D eigenvalue weighted by molar-refractivity contribution is 9.10. The molecule has 2 N–H and O–H groups in total. The second-order valence-corrected chi connectivity index (χ2v) is 9.04. The van der Waals surface area contributed by atoms with Gasteiger partial charge < -0.3 is 20.1 Å². The molecule has 1 aliphatic rings. The van der Waals surface area contributed by atoms with Crippen molar-refractivity contribution in [3.63, 3.8) is 0 Å². The number of benzene rings is 2. The Morgan fingerprint density at radius 1 is 1.21 bits per heavy atom. The lowest BCUT2D eigenvalue weighted by Gasteiger charge is -2.31. The average molecular weight is 544 g/mol. The van der Waals surface area contributed by atoms with Crippen LogP contribution in [-0.2, 0) is 19.1 Å². The molecule has 34 heavy (non-hydrogen) atoms. The molecule has 1 aliphatic heterocycles. The Labute approximate surface area is 209 Å². The molecule has 10 heteroatoms. The fourth-order valence-electron chi connectivity index (χ4n) is 3.55. The zero-order chi connectivity index (χ0) is 24.7. The third kappa shape index (κ3) is 5.79. The molecule has 0 radical (unpaired) electrons.